The number of nitrogens with zero attached hydrogens (tertiary/aromatic N) is 1. The third-order valence-corrected chi connectivity index (χ3v) is 5.81. The van der Waals surface area contributed by atoms with Crippen molar-refractivity contribution in [2.45, 2.75) is 17.7 Å². The van der Waals surface area contributed by atoms with Crippen molar-refractivity contribution in [2.24, 2.45) is 11.8 Å². The molecule has 3 N–H and O–H groups in total. The minimum atomic E-state index is -3.71. The lowest BCUT2D eigenvalue weighted by molar-refractivity contribution is -0.126. The zero-order chi connectivity index (χ0) is 16.3. The number of rotatable bonds is 4. The Morgan fingerprint density at radius 1 is 1.50 bits per heavy atom. The van der Waals surface area contributed by atoms with E-state index in [1.165, 1.54) is 29.6 Å². The molecular formula is C13H18ClN3O4S. The van der Waals surface area contributed by atoms with E-state index in [1.807, 2.05) is 0 Å². The van der Waals surface area contributed by atoms with Gasteiger partial charge in [-0.15, -0.1) is 0 Å². The van der Waals surface area contributed by atoms with Crippen LogP contribution < -0.4 is 16.0 Å². The molecule has 2 rings (SSSR count). The quantitative estimate of drug-likeness (QED) is 0.475. The maximum absolute atomic E-state index is 12.7. The van der Waals surface area contributed by atoms with Crippen LogP contribution in [0.2, 0.25) is 5.02 Å². The van der Waals surface area contributed by atoms with Gasteiger partial charge in [-0.25, -0.2) is 14.3 Å². The van der Waals surface area contributed by atoms with E-state index in [-0.39, 0.29) is 22.4 Å². The highest BCUT2D eigenvalue weighted by Gasteiger charge is 2.33. The highest BCUT2D eigenvalue weighted by Crippen LogP contribution is 2.30. The molecule has 1 fully saturated rings. The molecule has 0 saturated carbocycles. The van der Waals surface area contributed by atoms with Crippen LogP contribution in [0.25, 0.3) is 0 Å². The molecule has 1 unspecified atom stereocenters. The van der Waals surface area contributed by atoms with E-state index in [4.69, 9.17) is 22.2 Å². The van der Waals surface area contributed by atoms with Crippen LogP contribution in [0.1, 0.15) is 12.8 Å². The molecule has 1 aromatic rings. The summed E-state index contributed by atoms with van der Waals surface area (Å²) in [6.45, 7) is 0.468. The third kappa shape index (κ3) is 3.35. The first-order chi connectivity index (χ1) is 10.4. The van der Waals surface area contributed by atoms with Crippen LogP contribution in [0.5, 0.6) is 5.75 Å². The normalized spacial score (nSPS) is 19.7. The van der Waals surface area contributed by atoms with Crippen LogP contribution in [0.3, 0.4) is 0 Å². The minimum Gasteiger partial charge on any atom is -0.495 e. The lowest BCUT2D eigenvalue weighted by atomic mass is 9.99. The van der Waals surface area contributed by atoms with Crippen LogP contribution in [0.4, 0.5) is 0 Å². The van der Waals surface area contributed by atoms with Crippen molar-refractivity contribution in [2.75, 3.05) is 20.2 Å². The molecule has 1 saturated heterocycles. The lowest BCUT2D eigenvalue weighted by Crippen LogP contribution is -2.46. The second-order valence-electron chi connectivity index (χ2n) is 5.01. The Kier molecular flexibility index (Phi) is 5.28. The Morgan fingerprint density at radius 2 is 2.23 bits per heavy atom. The fourth-order valence-electron chi connectivity index (χ4n) is 2.45. The van der Waals surface area contributed by atoms with Gasteiger partial charge in [0.2, 0.25) is 15.9 Å². The molecule has 0 spiro atoms. The SMILES string of the molecule is COc1ccc(S(=O)(=O)N2CCCC(C(=O)NN)C2)cc1Cl. The highest BCUT2D eigenvalue weighted by atomic mass is 35.5. The fraction of sp³-hybridized carbons (Fsp3) is 0.462. The van der Waals surface area contributed by atoms with Gasteiger partial charge in [0.25, 0.3) is 0 Å². The van der Waals surface area contributed by atoms with Gasteiger partial charge in [0, 0.05) is 13.1 Å². The molecule has 1 atom stereocenters. The third-order valence-electron chi connectivity index (χ3n) is 3.66. The first kappa shape index (κ1) is 17.0. The number of hydrazine groups is 1. The fourth-order valence-corrected chi connectivity index (χ4v) is 4.32. The van der Waals surface area contributed by atoms with Crippen molar-refractivity contribution in [3.63, 3.8) is 0 Å². The van der Waals surface area contributed by atoms with Crippen LogP contribution in [-0.2, 0) is 14.8 Å². The average molecular weight is 348 g/mol. The number of carbonyl (C=O) groups is 1. The van der Waals surface area contributed by atoms with Gasteiger partial charge >= 0.3 is 0 Å². The molecule has 0 aliphatic carbocycles. The van der Waals surface area contributed by atoms with Crippen molar-refractivity contribution in [3.05, 3.63) is 23.2 Å². The summed E-state index contributed by atoms with van der Waals surface area (Å²) >= 11 is 5.99. The number of hydrogen-bond acceptors (Lipinski definition) is 5. The van der Waals surface area contributed by atoms with Crippen molar-refractivity contribution >= 4 is 27.5 Å². The van der Waals surface area contributed by atoms with Crippen LogP contribution >= 0.6 is 11.6 Å². The standard InChI is InChI=1S/C13H18ClN3O4S/c1-21-12-5-4-10(7-11(12)14)22(19,20)17-6-2-3-9(8-17)13(18)16-15/h4-5,7,9H,2-3,6,8,15H2,1H3,(H,16,18). The average Bonchev–Trinajstić information content (AvgIpc) is 2.54. The van der Waals surface area contributed by atoms with Gasteiger partial charge in [-0.05, 0) is 31.0 Å². The molecule has 7 nitrogen and oxygen atoms in total. The Bertz CT molecular complexity index is 665. The van der Waals surface area contributed by atoms with Crippen LogP contribution in [-0.4, -0.2) is 38.8 Å². The van der Waals surface area contributed by atoms with Crippen molar-refractivity contribution < 1.29 is 17.9 Å². The molecular weight excluding hydrogens is 330 g/mol. The summed E-state index contributed by atoms with van der Waals surface area (Å²) in [5.74, 6) is 4.73. The summed E-state index contributed by atoms with van der Waals surface area (Å²) in [5.41, 5.74) is 2.07. The summed E-state index contributed by atoms with van der Waals surface area (Å²) < 4.78 is 31.6. The first-order valence-corrected chi connectivity index (χ1v) is 8.56. The van der Waals surface area contributed by atoms with Crippen molar-refractivity contribution in [1.82, 2.24) is 9.73 Å². The summed E-state index contributed by atoms with van der Waals surface area (Å²) in [4.78, 5) is 11.7. The number of halogens is 1. The molecule has 0 bridgehead atoms. The molecule has 22 heavy (non-hydrogen) atoms. The zero-order valence-corrected chi connectivity index (χ0v) is 13.7. The Morgan fingerprint density at radius 3 is 2.82 bits per heavy atom. The number of benzene rings is 1. The molecule has 0 aromatic heterocycles. The van der Waals surface area contributed by atoms with E-state index in [2.05, 4.69) is 5.43 Å². The van der Waals surface area contributed by atoms with Gasteiger partial charge in [0.15, 0.2) is 0 Å². The lowest BCUT2D eigenvalue weighted by Gasteiger charge is -2.30. The molecule has 122 valence electrons. The summed E-state index contributed by atoms with van der Waals surface area (Å²) in [6.07, 6.45) is 1.21. The second kappa shape index (κ2) is 6.82. The van der Waals surface area contributed by atoms with Crippen LogP contribution in [0.15, 0.2) is 23.1 Å². The van der Waals surface area contributed by atoms with Gasteiger partial charge in [-0.3, -0.25) is 10.2 Å². The highest BCUT2D eigenvalue weighted by molar-refractivity contribution is 7.89. The summed E-state index contributed by atoms with van der Waals surface area (Å²) in [5, 5.41) is 0.219. The van der Waals surface area contributed by atoms with Gasteiger partial charge in [0.05, 0.1) is 22.9 Å². The topological polar surface area (TPSA) is 102 Å². The molecule has 1 aromatic carbocycles. The van der Waals surface area contributed by atoms with Gasteiger partial charge in [-0.1, -0.05) is 11.6 Å². The predicted octanol–water partition coefficient (Wildman–Crippen LogP) is 0.739. The van der Waals surface area contributed by atoms with E-state index in [0.717, 1.165) is 0 Å². The van der Waals surface area contributed by atoms with Crippen molar-refractivity contribution in [1.29, 1.82) is 0 Å². The summed E-state index contributed by atoms with van der Waals surface area (Å²) in [7, 11) is -2.26. The monoisotopic (exact) mass is 347 g/mol. The van der Waals surface area contributed by atoms with Crippen LogP contribution in [0, 0.1) is 5.92 Å². The van der Waals surface area contributed by atoms with E-state index in [9.17, 15) is 13.2 Å². The van der Waals surface area contributed by atoms with Gasteiger partial charge < -0.3 is 4.74 Å². The Hall–Kier alpha value is -1.35. The van der Waals surface area contributed by atoms with E-state index < -0.39 is 15.9 Å². The maximum atomic E-state index is 12.7. The van der Waals surface area contributed by atoms with Gasteiger partial charge in [0.1, 0.15) is 5.75 Å². The molecule has 1 aliphatic rings. The molecule has 1 aliphatic heterocycles. The van der Waals surface area contributed by atoms with Gasteiger partial charge in [-0.2, -0.15) is 4.31 Å². The van der Waals surface area contributed by atoms with Crippen molar-refractivity contribution in [3.8, 4) is 5.75 Å². The number of ether oxygens (including phenoxy) is 1. The van der Waals surface area contributed by atoms with E-state index >= 15 is 0 Å². The maximum Gasteiger partial charge on any atom is 0.243 e. The zero-order valence-electron chi connectivity index (χ0n) is 12.1. The second-order valence-corrected chi connectivity index (χ2v) is 7.35. The van der Waals surface area contributed by atoms with E-state index in [1.54, 1.807) is 0 Å². The summed E-state index contributed by atoms with van der Waals surface area (Å²) in [6, 6.07) is 4.29. The number of nitrogens with one attached hydrogen (secondary N) is 1. The number of amides is 1. The first-order valence-electron chi connectivity index (χ1n) is 6.74. The molecule has 0 radical (unpaired) electrons. The Labute approximate surface area is 134 Å². The molecule has 9 heteroatoms. The smallest absolute Gasteiger partial charge is 0.243 e. The number of nitrogens with two attached hydrogens (primary N) is 1. The number of sulfonamides is 1. The molecule has 1 amide bonds. The predicted molar refractivity (Wildman–Crippen MR) is 81.8 cm³/mol. The number of hydrogen-bond donors (Lipinski definition) is 2. The number of methoxy groups -OCH3 is 1. The Balaban J connectivity index is 2.26. The van der Waals surface area contributed by atoms with E-state index in [0.29, 0.717) is 25.1 Å². The minimum absolute atomic E-state index is 0.0760. The number of piperidine rings is 1. The molecule has 1 heterocycles. The largest absolute Gasteiger partial charge is 0.495 e. The number of carbonyl (C=O) groups excluding carboxylic acids is 1.